The first kappa shape index (κ1) is 12.4. The first-order chi connectivity index (χ1) is 7.75. The van der Waals surface area contributed by atoms with Crippen LogP contribution in [0.3, 0.4) is 0 Å². The van der Waals surface area contributed by atoms with E-state index in [0.29, 0.717) is 6.10 Å². The Hall–Kier alpha value is -0.0600. The Morgan fingerprint density at radius 1 is 1.19 bits per heavy atom. The van der Waals surface area contributed by atoms with Gasteiger partial charge in [-0.3, -0.25) is 0 Å². The molecule has 4 heteroatoms. The molecule has 2 rings (SSSR count). The van der Waals surface area contributed by atoms with Crippen LogP contribution in [0.5, 0.6) is 5.75 Å². The molecule has 1 heterocycles. The molecule has 0 bridgehead atoms. The highest BCUT2D eigenvalue weighted by Crippen LogP contribution is 2.30. The number of halogens is 2. The summed E-state index contributed by atoms with van der Waals surface area (Å²) in [6, 6.07) is 6.03. The Kier molecular flexibility index (Phi) is 4.67. The maximum atomic E-state index is 6.01. The van der Waals surface area contributed by atoms with Crippen molar-refractivity contribution in [1.29, 1.82) is 0 Å². The van der Waals surface area contributed by atoms with E-state index in [4.69, 9.17) is 4.74 Å². The van der Waals surface area contributed by atoms with Gasteiger partial charge in [-0.25, -0.2) is 0 Å². The molecule has 1 unspecified atom stereocenters. The van der Waals surface area contributed by atoms with Crippen molar-refractivity contribution in [3.8, 4) is 5.75 Å². The first-order valence-corrected chi connectivity index (χ1v) is 7.17. The van der Waals surface area contributed by atoms with Crippen molar-refractivity contribution >= 4 is 31.9 Å². The summed E-state index contributed by atoms with van der Waals surface area (Å²) in [4.78, 5) is 0. The van der Waals surface area contributed by atoms with Gasteiger partial charge in [0.1, 0.15) is 11.9 Å². The fourth-order valence-electron chi connectivity index (χ4n) is 1.86. The minimum Gasteiger partial charge on any atom is -0.489 e. The number of rotatable bonds is 2. The van der Waals surface area contributed by atoms with Crippen LogP contribution in [0.15, 0.2) is 27.1 Å². The van der Waals surface area contributed by atoms with E-state index in [1.54, 1.807) is 0 Å². The average molecular weight is 349 g/mol. The van der Waals surface area contributed by atoms with Crippen LogP contribution >= 0.6 is 31.9 Å². The van der Waals surface area contributed by atoms with Crippen LogP contribution in [-0.2, 0) is 0 Å². The maximum Gasteiger partial charge on any atom is 0.133 e. The third kappa shape index (κ3) is 3.47. The van der Waals surface area contributed by atoms with Gasteiger partial charge in [0.25, 0.3) is 0 Å². The SMILES string of the molecule is Brc1ccc(OC2CCCNCC2)c(Br)c1. The summed E-state index contributed by atoms with van der Waals surface area (Å²) in [5.74, 6) is 0.940. The minimum absolute atomic E-state index is 0.340. The highest BCUT2D eigenvalue weighted by atomic mass is 79.9. The van der Waals surface area contributed by atoms with Crippen molar-refractivity contribution in [2.24, 2.45) is 0 Å². The molecule has 0 spiro atoms. The molecular formula is C12H15Br2NO. The highest BCUT2D eigenvalue weighted by Gasteiger charge is 2.14. The number of benzene rings is 1. The highest BCUT2D eigenvalue weighted by molar-refractivity contribution is 9.11. The first-order valence-electron chi connectivity index (χ1n) is 5.58. The van der Waals surface area contributed by atoms with E-state index in [1.165, 1.54) is 6.42 Å². The summed E-state index contributed by atoms with van der Waals surface area (Å²) in [7, 11) is 0. The third-order valence-electron chi connectivity index (χ3n) is 2.71. The summed E-state index contributed by atoms with van der Waals surface area (Å²) >= 11 is 6.96. The molecule has 0 saturated carbocycles. The van der Waals surface area contributed by atoms with Crippen molar-refractivity contribution in [2.45, 2.75) is 25.4 Å². The average Bonchev–Trinajstić information content (AvgIpc) is 2.51. The van der Waals surface area contributed by atoms with Crippen molar-refractivity contribution in [1.82, 2.24) is 5.32 Å². The van der Waals surface area contributed by atoms with Gasteiger partial charge in [-0.1, -0.05) is 15.9 Å². The van der Waals surface area contributed by atoms with Crippen molar-refractivity contribution in [3.05, 3.63) is 27.1 Å². The lowest BCUT2D eigenvalue weighted by Gasteiger charge is -2.17. The summed E-state index contributed by atoms with van der Waals surface area (Å²) < 4.78 is 8.09. The van der Waals surface area contributed by atoms with Crippen LogP contribution in [-0.4, -0.2) is 19.2 Å². The quantitative estimate of drug-likeness (QED) is 0.879. The molecule has 0 radical (unpaired) electrons. The molecule has 88 valence electrons. The molecule has 1 aliphatic rings. The van der Waals surface area contributed by atoms with E-state index in [1.807, 2.05) is 18.2 Å². The number of nitrogens with one attached hydrogen (secondary N) is 1. The zero-order chi connectivity index (χ0) is 11.4. The summed E-state index contributed by atoms with van der Waals surface area (Å²) in [5.41, 5.74) is 0. The Labute approximate surface area is 113 Å². The summed E-state index contributed by atoms with van der Waals surface area (Å²) in [6.07, 6.45) is 3.75. The molecule has 0 aromatic heterocycles. The van der Waals surface area contributed by atoms with Gasteiger partial charge < -0.3 is 10.1 Å². The molecule has 2 nitrogen and oxygen atoms in total. The predicted octanol–water partition coefficient (Wildman–Crippen LogP) is 3.73. The smallest absolute Gasteiger partial charge is 0.133 e. The Balaban J connectivity index is 2.01. The van der Waals surface area contributed by atoms with E-state index < -0.39 is 0 Å². The zero-order valence-electron chi connectivity index (χ0n) is 9.01. The van der Waals surface area contributed by atoms with Crippen LogP contribution in [0.1, 0.15) is 19.3 Å². The summed E-state index contributed by atoms with van der Waals surface area (Å²) in [6.45, 7) is 2.17. The molecule has 0 amide bonds. The van der Waals surface area contributed by atoms with Crippen LogP contribution in [0.4, 0.5) is 0 Å². The van der Waals surface area contributed by atoms with Crippen LogP contribution in [0.2, 0.25) is 0 Å². The van der Waals surface area contributed by atoms with Gasteiger partial charge in [0.05, 0.1) is 4.47 Å². The third-order valence-corrected chi connectivity index (χ3v) is 3.82. The normalized spacial score (nSPS) is 21.5. The van der Waals surface area contributed by atoms with Gasteiger partial charge in [-0.2, -0.15) is 0 Å². The van der Waals surface area contributed by atoms with E-state index in [2.05, 4.69) is 37.2 Å². The molecule has 1 atom stereocenters. The standard InChI is InChI=1S/C12H15Br2NO/c13-9-3-4-12(11(14)8-9)16-10-2-1-6-15-7-5-10/h3-4,8,10,15H,1-2,5-7H2. The molecule has 1 fully saturated rings. The minimum atomic E-state index is 0.340. The largest absolute Gasteiger partial charge is 0.489 e. The second-order valence-corrected chi connectivity index (χ2v) is 5.77. The Morgan fingerprint density at radius 2 is 2.06 bits per heavy atom. The number of hydrogen-bond donors (Lipinski definition) is 1. The maximum absolute atomic E-state index is 6.01. The van der Waals surface area contributed by atoms with Gasteiger partial charge in [-0.15, -0.1) is 0 Å². The molecule has 1 aromatic carbocycles. The van der Waals surface area contributed by atoms with Gasteiger partial charge in [-0.05, 0) is 66.5 Å². The molecule has 16 heavy (non-hydrogen) atoms. The topological polar surface area (TPSA) is 21.3 Å². The predicted molar refractivity (Wildman–Crippen MR) is 73.0 cm³/mol. The molecular weight excluding hydrogens is 334 g/mol. The number of ether oxygens (including phenoxy) is 1. The molecule has 1 aromatic rings. The fraction of sp³-hybridized carbons (Fsp3) is 0.500. The molecule has 1 N–H and O–H groups in total. The fourth-order valence-corrected chi connectivity index (χ4v) is 3.00. The lowest BCUT2D eigenvalue weighted by molar-refractivity contribution is 0.186. The van der Waals surface area contributed by atoms with Crippen molar-refractivity contribution in [3.63, 3.8) is 0 Å². The van der Waals surface area contributed by atoms with Gasteiger partial charge in [0.2, 0.25) is 0 Å². The van der Waals surface area contributed by atoms with Gasteiger partial charge in [0, 0.05) is 4.47 Å². The second-order valence-electron chi connectivity index (χ2n) is 4.00. The van der Waals surface area contributed by atoms with E-state index in [-0.39, 0.29) is 0 Å². The molecule has 0 aliphatic carbocycles. The van der Waals surface area contributed by atoms with E-state index in [9.17, 15) is 0 Å². The lowest BCUT2D eigenvalue weighted by atomic mass is 10.1. The van der Waals surface area contributed by atoms with Crippen LogP contribution in [0, 0.1) is 0 Å². The molecule has 1 saturated heterocycles. The number of hydrogen-bond acceptors (Lipinski definition) is 2. The zero-order valence-corrected chi connectivity index (χ0v) is 12.2. The lowest BCUT2D eigenvalue weighted by Crippen LogP contribution is -2.19. The Morgan fingerprint density at radius 3 is 2.88 bits per heavy atom. The van der Waals surface area contributed by atoms with E-state index >= 15 is 0 Å². The monoisotopic (exact) mass is 347 g/mol. The van der Waals surface area contributed by atoms with Crippen molar-refractivity contribution in [2.75, 3.05) is 13.1 Å². The van der Waals surface area contributed by atoms with Crippen LogP contribution < -0.4 is 10.1 Å². The van der Waals surface area contributed by atoms with Gasteiger partial charge >= 0.3 is 0 Å². The second kappa shape index (κ2) is 6.03. The van der Waals surface area contributed by atoms with Crippen LogP contribution in [0.25, 0.3) is 0 Å². The van der Waals surface area contributed by atoms with Crippen molar-refractivity contribution < 1.29 is 4.74 Å². The van der Waals surface area contributed by atoms with Gasteiger partial charge in [0.15, 0.2) is 0 Å². The summed E-state index contributed by atoms with van der Waals surface area (Å²) in [5, 5.41) is 3.39. The molecule has 1 aliphatic heterocycles. The Bertz CT molecular complexity index is 349. The van der Waals surface area contributed by atoms with E-state index in [0.717, 1.165) is 40.6 Å².